The molecule has 0 unspecified atom stereocenters. The number of aromatic nitrogens is 4. The molecule has 1 aliphatic rings. The summed E-state index contributed by atoms with van der Waals surface area (Å²) in [4.78, 5) is 16.5. The van der Waals surface area contributed by atoms with E-state index in [1.165, 1.54) is 0 Å². The molecule has 0 aliphatic carbocycles. The summed E-state index contributed by atoms with van der Waals surface area (Å²) in [5, 5.41) is 18.3. The topological polar surface area (TPSA) is 91.7 Å². The van der Waals surface area contributed by atoms with Crippen molar-refractivity contribution in [1.29, 1.82) is 5.26 Å². The molecular formula is C22H27N7O2. The fourth-order valence-corrected chi connectivity index (χ4v) is 3.82. The Morgan fingerprint density at radius 1 is 1.10 bits per heavy atom. The molecular weight excluding hydrogens is 394 g/mol. The van der Waals surface area contributed by atoms with E-state index in [2.05, 4.69) is 27.2 Å². The van der Waals surface area contributed by atoms with Crippen molar-refractivity contribution in [2.24, 2.45) is 7.05 Å². The second-order valence-electron chi connectivity index (χ2n) is 8.79. The summed E-state index contributed by atoms with van der Waals surface area (Å²) in [5.41, 5.74) is 3.66. The third kappa shape index (κ3) is 4.33. The Morgan fingerprint density at radius 3 is 2.58 bits per heavy atom. The number of fused-ring (bicyclic) bond motifs is 1. The Bertz CT molecular complexity index is 1150. The van der Waals surface area contributed by atoms with E-state index in [-0.39, 0.29) is 6.09 Å². The Morgan fingerprint density at radius 2 is 1.90 bits per heavy atom. The lowest BCUT2D eigenvalue weighted by Crippen LogP contribution is -2.39. The zero-order valence-electron chi connectivity index (χ0n) is 18.4. The zero-order valence-corrected chi connectivity index (χ0v) is 18.4. The van der Waals surface area contributed by atoms with E-state index >= 15 is 0 Å². The van der Waals surface area contributed by atoms with Crippen LogP contribution in [0.3, 0.4) is 0 Å². The molecule has 1 fully saturated rings. The highest BCUT2D eigenvalue weighted by molar-refractivity contribution is 5.83. The smallest absolute Gasteiger partial charge is 0.410 e. The summed E-state index contributed by atoms with van der Waals surface area (Å²) in [6.07, 6.45) is 7.79. The monoisotopic (exact) mass is 421 g/mol. The maximum Gasteiger partial charge on any atom is 0.410 e. The van der Waals surface area contributed by atoms with E-state index in [0.717, 1.165) is 35.3 Å². The van der Waals surface area contributed by atoms with Crippen LogP contribution in [0.5, 0.6) is 0 Å². The molecule has 3 aromatic heterocycles. The molecule has 0 atom stereocenters. The van der Waals surface area contributed by atoms with Gasteiger partial charge in [0.15, 0.2) is 0 Å². The number of anilines is 1. The normalized spacial score (nSPS) is 15.1. The first kappa shape index (κ1) is 20.7. The fourth-order valence-electron chi connectivity index (χ4n) is 3.82. The number of aryl methyl sites for hydroxylation is 1. The number of nitriles is 1. The number of ether oxygens (including phenoxy) is 1. The van der Waals surface area contributed by atoms with Crippen molar-refractivity contribution in [2.45, 2.75) is 32.8 Å². The summed E-state index contributed by atoms with van der Waals surface area (Å²) in [6, 6.07) is 4.33. The lowest BCUT2D eigenvalue weighted by molar-refractivity contribution is 0.0263. The maximum atomic E-state index is 12.5. The van der Waals surface area contributed by atoms with Gasteiger partial charge >= 0.3 is 6.09 Å². The molecule has 9 heteroatoms. The Kier molecular flexibility index (Phi) is 5.31. The van der Waals surface area contributed by atoms with Gasteiger partial charge in [-0.15, -0.1) is 0 Å². The third-order valence-corrected chi connectivity index (χ3v) is 5.24. The predicted molar refractivity (Wildman–Crippen MR) is 117 cm³/mol. The molecule has 1 aliphatic heterocycles. The molecule has 9 nitrogen and oxygen atoms in total. The molecule has 162 valence electrons. The third-order valence-electron chi connectivity index (χ3n) is 5.24. The van der Waals surface area contributed by atoms with Crippen molar-refractivity contribution in [3.63, 3.8) is 0 Å². The van der Waals surface area contributed by atoms with Gasteiger partial charge in [0.25, 0.3) is 0 Å². The van der Waals surface area contributed by atoms with E-state index < -0.39 is 5.60 Å². The van der Waals surface area contributed by atoms with Gasteiger partial charge < -0.3 is 14.5 Å². The molecule has 3 aromatic rings. The van der Waals surface area contributed by atoms with Crippen molar-refractivity contribution in [1.82, 2.24) is 24.3 Å². The average Bonchev–Trinajstić information content (AvgIpc) is 3.24. The predicted octanol–water partition coefficient (Wildman–Crippen LogP) is 3.05. The van der Waals surface area contributed by atoms with Gasteiger partial charge in [0.05, 0.1) is 23.6 Å². The first-order valence-corrected chi connectivity index (χ1v) is 10.4. The van der Waals surface area contributed by atoms with E-state index in [9.17, 15) is 10.1 Å². The quantitative estimate of drug-likeness (QED) is 0.632. The van der Waals surface area contributed by atoms with Crippen LogP contribution >= 0.6 is 0 Å². The van der Waals surface area contributed by atoms with Gasteiger partial charge in [0, 0.05) is 56.7 Å². The summed E-state index contributed by atoms with van der Waals surface area (Å²) < 4.78 is 9.06. The second-order valence-corrected chi connectivity index (χ2v) is 8.79. The Hall–Kier alpha value is -3.54. The highest BCUT2D eigenvalue weighted by Gasteiger charge is 2.26. The molecule has 1 saturated heterocycles. The largest absolute Gasteiger partial charge is 0.444 e. The standard InChI is InChI=1S/C22H27N7O2/c1-22(2,3)31-21(30)28-7-5-6-27(8-9-28)19-10-16(18-13-24-26(4)14-18)15-29-20(19)17(11-23)12-25-29/h10,12-15H,5-9H2,1-4H3. The van der Waals surface area contributed by atoms with Crippen LogP contribution in [0.1, 0.15) is 32.8 Å². The van der Waals surface area contributed by atoms with Gasteiger partial charge in [0.2, 0.25) is 0 Å². The molecule has 4 heterocycles. The number of hydrogen-bond acceptors (Lipinski definition) is 6. The lowest BCUT2D eigenvalue weighted by atomic mass is 10.1. The summed E-state index contributed by atoms with van der Waals surface area (Å²) >= 11 is 0. The molecule has 4 rings (SSSR count). The molecule has 1 amide bonds. The van der Waals surface area contributed by atoms with Crippen LogP contribution in [0, 0.1) is 11.3 Å². The summed E-state index contributed by atoms with van der Waals surface area (Å²) in [5.74, 6) is 0. The van der Waals surface area contributed by atoms with Crippen LogP contribution < -0.4 is 4.90 Å². The SMILES string of the molecule is Cn1cc(-c2cc(N3CCCN(C(=O)OC(C)(C)C)CC3)c3c(C#N)cnn3c2)cn1. The first-order valence-electron chi connectivity index (χ1n) is 10.4. The van der Waals surface area contributed by atoms with Crippen LogP contribution in [-0.4, -0.2) is 62.2 Å². The first-order chi connectivity index (χ1) is 14.7. The second kappa shape index (κ2) is 7.95. The molecule has 31 heavy (non-hydrogen) atoms. The molecule has 0 saturated carbocycles. The van der Waals surface area contributed by atoms with E-state index in [4.69, 9.17) is 4.74 Å². The van der Waals surface area contributed by atoms with E-state index in [0.29, 0.717) is 25.2 Å². The van der Waals surface area contributed by atoms with E-state index in [1.54, 1.807) is 20.3 Å². The fraction of sp³-hybridized carbons (Fsp3) is 0.455. The lowest BCUT2D eigenvalue weighted by Gasteiger charge is -2.27. The van der Waals surface area contributed by atoms with Gasteiger partial charge in [-0.3, -0.25) is 4.68 Å². The molecule has 0 aromatic carbocycles. The minimum atomic E-state index is -0.521. The minimum absolute atomic E-state index is 0.286. The van der Waals surface area contributed by atoms with E-state index in [1.807, 2.05) is 46.4 Å². The number of nitrogens with zero attached hydrogens (tertiary/aromatic N) is 7. The number of rotatable bonds is 2. The van der Waals surface area contributed by atoms with Crippen molar-refractivity contribution < 1.29 is 9.53 Å². The van der Waals surface area contributed by atoms with Crippen LogP contribution in [0.4, 0.5) is 10.5 Å². The number of pyridine rings is 1. The average molecular weight is 422 g/mol. The molecule has 0 spiro atoms. The van der Waals surface area contributed by atoms with Gasteiger partial charge in [-0.25, -0.2) is 9.31 Å². The van der Waals surface area contributed by atoms with Crippen LogP contribution in [-0.2, 0) is 11.8 Å². The Balaban J connectivity index is 1.67. The number of hydrogen-bond donors (Lipinski definition) is 0. The maximum absolute atomic E-state index is 12.5. The van der Waals surface area contributed by atoms with Crippen molar-refractivity contribution in [3.8, 4) is 17.2 Å². The van der Waals surface area contributed by atoms with Crippen LogP contribution in [0.25, 0.3) is 16.6 Å². The molecule has 0 bridgehead atoms. The number of carbonyl (C=O) groups excluding carboxylic acids is 1. The van der Waals surface area contributed by atoms with Crippen LogP contribution in [0.15, 0.2) is 30.9 Å². The minimum Gasteiger partial charge on any atom is -0.444 e. The number of carbonyl (C=O) groups is 1. The highest BCUT2D eigenvalue weighted by atomic mass is 16.6. The van der Waals surface area contributed by atoms with Crippen LogP contribution in [0.2, 0.25) is 0 Å². The van der Waals surface area contributed by atoms with Crippen molar-refractivity contribution in [3.05, 3.63) is 36.4 Å². The van der Waals surface area contributed by atoms with Gasteiger partial charge in [-0.05, 0) is 33.3 Å². The highest BCUT2D eigenvalue weighted by Crippen LogP contribution is 2.31. The molecule has 0 radical (unpaired) electrons. The summed E-state index contributed by atoms with van der Waals surface area (Å²) in [6.45, 7) is 8.21. The summed E-state index contributed by atoms with van der Waals surface area (Å²) in [7, 11) is 1.88. The number of amides is 1. The molecule has 0 N–H and O–H groups in total. The zero-order chi connectivity index (χ0) is 22.2. The Labute approximate surface area is 181 Å². The van der Waals surface area contributed by atoms with Gasteiger partial charge in [0.1, 0.15) is 17.2 Å². The van der Waals surface area contributed by atoms with Gasteiger partial charge in [-0.2, -0.15) is 15.5 Å². The van der Waals surface area contributed by atoms with Crippen molar-refractivity contribution in [2.75, 3.05) is 31.1 Å². The van der Waals surface area contributed by atoms with Crippen molar-refractivity contribution >= 4 is 17.3 Å². The van der Waals surface area contributed by atoms with Gasteiger partial charge in [-0.1, -0.05) is 0 Å².